The van der Waals surface area contributed by atoms with Gasteiger partial charge in [0.1, 0.15) is 11.6 Å². The van der Waals surface area contributed by atoms with Crippen molar-refractivity contribution in [3.63, 3.8) is 0 Å². The quantitative estimate of drug-likeness (QED) is 0.410. The van der Waals surface area contributed by atoms with E-state index in [9.17, 15) is 9.59 Å². The first-order valence-corrected chi connectivity index (χ1v) is 9.74. The van der Waals surface area contributed by atoms with Crippen molar-refractivity contribution in [1.82, 2.24) is 9.66 Å². The van der Waals surface area contributed by atoms with Gasteiger partial charge in [0.05, 0.1) is 29.2 Å². The highest BCUT2D eigenvalue weighted by Crippen LogP contribution is 2.26. The minimum atomic E-state index is -0.791. The molecule has 0 saturated carbocycles. The largest absolute Gasteiger partial charge is 0.477 e. The standard InChI is InChI=1S/C20H17BrClN3O4/c1-11(20(27)28-3)29-18-7-4-13(8-16(18)22)10-23-25-12(2)24-17-6-5-14(21)9-15(17)19(25)26/h4-11H,1-3H3/t11-/m1/s1. The molecule has 0 amide bonds. The highest BCUT2D eigenvalue weighted by atomic mass is 79.9. The minimum Gasteiger partial charge on any atom is -0.477 e. The molecule has 9 heteroatoms. The zero-order valence-corrected chi connectivity index (χ0v) is 18.2. The third-order valence-corrected chi connectivity index (χ3v) is 4.87. The first-order valence-electron chi connectivity index (χ1n) is 8.57. The molecule has 0 fully saturated rings. The Kier molecular flexibility index (Phi) is 6.34. The van der Waals surface area contributed by atoms with Gasteiger partial charge >= 0.3 is 5.97 Å². The van der Waals surface area contributed by atoms with Crippen molar-refractivity contribution < 1.29 is 14.3 Å². The van der Waals surface area contributed by atoms with E-state index in [4.69, 9.17) is 16.3 Å². The lowest BCUT2D eigenvalue weighted by atomic mass is 10.2. The van der Waals surface area contributed by atoms with Crippen molar-refractivity contribution in [2.24, 2.45) is 5.10 Å². The lowest BCUT2D eigenvalue weighted by Crippen LogP contribution is -2.25. The molecule has 29 heavy (non-hydrogen) atoms. The summed E-state index contributed by atoms with van der Waals surface area (Å²) in [6, 6.07) is 10.3. The molecule has 0 saturated heterocycles. The summed E-state index contributed by atoms with van der Waals surface area (Å²) in [5.41, 5.74) is 0.975. The normalized spacial score (nSPS) is 12.3. The Hall–Kier alpha value is -2.71. The lowest BCUT2D eigenvalue weighted by molar-refractivity contribution is -0.147. The monoisotopic (exact) mass is 477 g/mol. The summed E-state index contributed by atoms with van der Waals surface area (Å²) in [7, 11) is 1.29. The number of rotatable bonds is 5. The van der Waals surface area contributed by atoms with Crippen LogP contribution in [0.4, 0.5) is 0 Å². The van der Waals surface area contributed by atoms with Crippen LogP contribution >= 0.6 is 27.5 Å². The van der Waals surface area contributed by atoms with Crippen LogP contribution in [0.5, 0.6) is 5.75 Å². The Bertz CT molecular complexity index is 1180. The van der Waals surface area contributed by atoms with E-state index >= 15 is 0 Å². The van der Waals surface area contributed by atoms with E-state index < -0.39 is 12.1 Å². The number of methoxy groups -OCH3 is 1. The molecule has 0 N–H and O–H groups in total. The van der Waals surface area contributed by atoms with Crippen LogP contribution < -0.4 is 10.3 Å². The summed E-state index contributed by atoms with van der Waals surface area (Å²) in [6.45, 7) is 3.27. The smallest absolute Gasteiger partial charge is 0.346 e. The summed E-state index contributed by atoms with van der Waals surface area (Å²) in [5.74, 6) is 0.295. The van der Waals surface area contributed by atoms with Gasteiger partial charge < -0.3 is 9.47 Å². The van der Waals surface area contributed by atoms with E-state index in [0.717, 1.165) is 4.47 Å². The Labute approximate surface area is 180 Å². The number of carbonyl (C=O) groups excluding carboxylic acids is 1. The SMILES string of the molecule is COC(=O)[C@@H](C)Oc1ccc(C=Nn2c(C)nc3ccc(Br)cc3c2=O)cc1Cl. The van der Waals surface area contributed by atoms with Crippen molar-refractivity contribution in [2.75, 3.05) is 7.11 Å². The highest BCUT2D eigenvalue weighted by Gasteiger charge is 2.16. The molecule has 0 aliphatic carbocycles. The van der Waals surface area contributed by atoms with Crippen molar-refractivity contribution in [3.05, 3.63) is 67.6 Å². The topological polar surface area (TPSA) is 82.8 Å². The summed E-state index contributed by atoms with van der Waals surface area (Å²) in [5, 5.41) is 5.02. The minimum absolute atomic E-state index is 0.275. The highest BCUT2D eigenvalue weighted by molar-refractivity contribution is 9.10. The van der Waals surface area contributed by atoms with Crippen LogP contribution in [-0.4, -0.2) is 35.1 Å². The molecule has 7 nitrogen and oxygen atoms in total. The van der Waals surface area contributed by atoms with E-state index in [0.29, 0.717) is 33.1 Å². The van der Waals surface area contributed by atoms with Crippen molar-refractivity contribution in [3.8, 4) is 5.75 Å². The average molecular weight is 479 g/mol. The number of ether oxygens (including phenoxy) is 2. The van der Waals surface area contributed by atoms with E-state index in [1.54, 1.807) is 44.2 Å². The number of hydrogen-bond donors (Lipinski definition) is 0. The van der Waals surface area contributed by atoms with Gasteiger partial charge in [-0.25, -0.2) is 9.78 Å². The van der Waals surface area contributed by atoms with Gasteiger partial charge in [-0.05, 0) is 55.8 Å². The summed E-state index contributed by atoms with van der Waals surface area (Å²) in [4.78, 5) is 28.7. The van der Waals surface area contributed by atoms with Crippen molar-refractivity contribution in [2.45, 2.75) is 20.0 Å². The van der Waals surface area contributed by atoms with E-state index in [-0.39, 0.29) is 5.56 Å². The molecule has 1 atom stereocenters. The molecule has 1 aromatic heterocycles. The zero-order chi connectivity index (χ0) is 21.1. The number of hydrogen-bond acceptors (Lipinski definition) is 6. The molecule has 0 radical (unpaired) electrons. The van der Waals surface area contributed by atoms with Crippen molar-refractivity contribution in [1.29, 1.82) is 0 Å². The van der Waals surface area contributed by atoms with Gasteiger partial charge in [-0.15, -0.1) is 0 Å². The van der Waals surface area contributed by atoms with E-state index in [1.165, 1.54) is 18.0 Å². The maximum Gasteiger partial charge on any atom is 0.346 e. The van der Waals surface area contributed by atoms with E-state index in [1.807, 2.05) is 6.07 Å². The fourth-order valence-corrected chi connectivity index (χ4v) is 3.21. The van der Waals surface area contributed by atoms with Crippen molar-refractivity contribution >= 4 is 50.6 Å². The van der Waals surface area contributed by atoms with Gasteiger partial charge in [-0.1, -0.05) is 27.5 Å². The molecular weight excluding hydrogens is 462 g/mol. The van der Waals surface area contributed by atoms with Crippen LogP contribution in [0, 0.1) is 6.92 Å². The molecule has 1 heterocycles. The number of nitrogens with zero attached hydrogens (tertiary/aromatic N) is 3. The van der Waals surface area contributed by atoms with Gasteiger partial charge in [0, 0.05) is 4.47 Å². The molecule has 2 aromatic carbocycles. The molecule has 0 unspecified atom stereocenters. The lowest BCUT2D eigenvalue weighted by Gasteiger charge is -2.13. The Morgan fingerprint density at radius 3 is 2.76 bits per heavy atom. The number of esters is 1. The average Bonchev–Trinajstić information content (AvgIpc) is 2.69. The van der Waals surface area contributed by atoms with Gasteiger partial charge in [-0.3, -0.25) is 4.79 Å². The Morgan fingerprint density at radius 2 is 2.07 bits per heavy atom. The molecule has 0 spiro atoms. The second-order valence-corrected chi connectivity index (χ2v) is 7.48. The molecule has 0 aliphatic rings. The third-order valence-electron chi connectivity index (χ3n) is 4.09. The zero-order valence-electron chi connectivity index (χ0n) is 15.8. The Morgan fingerprint density at radius 1 is 1.31 bits per heavy atom. The predicted molar refractivity (Wildman–Crippen MR) is 115 cm³/mol. The van der Waals surface area contributed by atoms with Gasteiger partial charge in [0.15, 0.2) is 6.10 Å². The maximum atomic E-state index is 12.8. The second-order valence-electron chi connectivity index (χ2n) is 6.16. The number of aromatic nitrogens is 2. The fraction of sp³-hybridized carbons (Fsp3) is 0.200. The summed E-state index contributed by atoms with van der Waals surface area (Å²) < 4.78 is 12.1. The molecule has 0 aliphatic heterocycles. The number of benzene rings is 2. The number of aryl methyl sites for hydroxylation is 1. The maximum absolute atomic E-state index is 12.8. The van der Waals surface area contributed by atoms with Crippen LogP contribution in [0.3, 0.4) is 0 Å². The summed E-state index contributed by atoms with van der Waals surface area (Å²) in [6.07, 6.45) is 0.709. The Balaban J connectivity index is 1.89. The van der Waals surface area contributed by atoms with Crippen LogP contribution in [0.1, 0.15) is 18.3 Å². The third kappa shape index (κ3) is 4.65. The fourth-order valence-electron chi connectivity index (χ4n) is 2.62. The van der Waals surface area contributed by atoms with E-state index in [2.05, 4.69) is 30.8 Å². The molecule has 3 rings (SSSR count). The van der Waals surface area contributed by atoms with Crippen LogP contribution in [0.15, 0.2) is 50.8 Å². The predicted octanol–water partition coefficient (Wildman–Crippen LogP) is 3.94. The van der Waals surface area contributed by atoms with Crippen LogP contribution in [0.2, 0.25) is 5.02 Å². The molecule has 150 valence electrons. The molecule has 0 bridgehead atoms. The van der Waals surface area contributed by atoms with Gasteiger partial charge in [-0.2, -0.15) is 9.78 Å². The van der Waals surface area contributed by atoms with Crippen LogP contribution in [0.25, 0.3) is 10.9 Å². The number of carbonyl (C=O) groups is 1. The number of halogens is 2. The molecular formula is C20H17BrClN3O4. The van der Waals surface area contributed by atoms with Crippen LogP contribution in [-0.2, 0) is 9.53 Å². The summed E-state index contributed by atoms with van der Waals surface area (Å²) >= 11 is 9.60. The number of fused-ring (bicyclic) bond motifs is 1. The van der Waals surface area contributed by atoms with Gasteiger partial charge in [0.25, 0.3) is 5.56 Å². The second kappa shape index (κ2) is 8.75. The van der Waals surface area contributed by atoms with Gasteiger partial charge in [0.2, 0.25) is 0 Å². The first-order chi connectivity index (χ1) is 13.8. The molecule has 3 aromatic rings. The first kappa shape index (κ1) is 21.0.